The first kappa shape index (κ1) is 12.7. The number of hydrogen-bond donors (Lipinski definition) is 2. The maximum absolute atomic E-state index is 5.90. The number of anilines is 2. The average molecular weight is 290 g/mol. The highest BCUT2D eigenvalue weighted by Gasteiger charge is 2.10. The maximum Gasteiger partial charge on any atom is 0.226 e. The van der Waals surface area contributed by atoms with Crippen molar-refractivity contribution < 1.29 is 4.74 Å². The molecule has 0 aliphatic heterocycles. The van der Waals surface area contributed by atoms with Gasteiger partial charge in [-0.25, -0.2) is 4.98 Å². The SMILES string of the molecule is COc1ccc(Nc2nc(Cl)nc3nc[nH]c23)c(C)c1. The molecule has 0 bridgehead atoms. The van der Waals surface area contributed by atoms with Crippen LogP contribution in [0.4, 0.5) is 11.5 Å². The molecular weight excluding hydrogens is 278 g/mol. The standard InChI is InChI=1S/C13H12ClN5O/c1-7-5-8(20-2)3-4-9(7)17-12-10-11(16-6-15-10)18-13(14)19-12/h3-6H,1-2H3,(H2,15,16,17,18,19). The zero-order valence-electron chi connectivity index (χ0n) is 10.9. The van der Waals surface area contributed by atoms with Gasteiger partial charge in [-0.15, -0.1) is 0 Å². The highest BCUT2D eigenvalue weighted by molar-refractivity contribution is 6.28. The molecule has 7 heteroatoms. The Kier molecular flexibility index (Phi) is 3.15. The summed E-state index contributed by atoms with van der Waals surface area (Å²) < 4.78 is 5.19. The summed E-state index contributed by atoms with van der Waals surface area (Å²) in [4.78, 5) is 15.3. The molecular formula is C13H12ClN5O. The van der Waals surface area contributed by atoms with Gasteiger partial charge < -0.3 is 15.0 Å². The zero-order chi connectivity index (χ0) is 14.1. The Labute approximate surface area is 120 Å². The van der Waals surface area contributed by atoms with Gasteiger partial charge in [0.1, 0.15) is 11.3 Å². The maximum atomic E-state index is 5.90. The first-order chi connectivity index (χ1) is 9.67. The summed E-state index contributed by atoms with van der Waals surface area (Å²) in [5.41, 5.74) is 3.19. The topological polar surface area (TPSA) is 75.7 Å². The molecule has 0 aliphatic carbocycles. The van der Waals surface area contributed by atoms with E-state index >= 15 is 0 Å². The number of nitrogens with one attached hydrogen (secondary N) is 2. The van der Waals surface area contributed by atoms with Crippen molar-refractivity contribution in [3.05, 3.63) is 35.4 Å². The summed E-state index contributed by atoms with van der Waals surface area (Å²) in [5, 5.41) is 3.38. The number of halogens is 1. The molecule has 0 amide bonds. The van der Waals surface area contributed by atoms with Gasteiger partial charge in [-0.05, 0) is 42.3 Å². The monoisotopic (exact) mass is 289 g/mol. The van der Waals surface area contributed by atoms with Crippen LogP contribution < -0.4 is 10.1 Å². The molecule has 2 heterocycles. The molecule has 0 spiro atoms. The van der Waals surface area contributed by atoms with Gasteiger partial charge in [-0.3, -0.25) is 0 Å². The number of hydrogen-bond acceptors (Lipinski definition) is 5. The number of methoxy groups -OCH3 is 1. The lowest BCUT2D eigenvalue weighted by molar-refractivity contribution is 0.414. The van der Waals surface area contributed by atoms with Crippen molar-refractivity contribution >= 4 is 34.3 Å². The van der Waals surface area contributed by atoms with Crippen LogP contribution in [0.25, 0.3) is 11.2 Å². The smallest absolute Gasteiger partial charge is 0.226 e. The lowest BCUT2D eigenvalue weighted by atomic mass is 10.2. The fourth-order valence-corrected chi connectivity index (χ4v) is 2.09. The minimum absolute atomic E-state index is 0.151. The van der Waals surface area contributed by atoms with E-state index < -0.39 is 0 Å². The Bertz CT molecular complexity index is 771. The fraction of sp³-hybridized carbons (Fsp3) is 0.154. The lowest BCUT2D eigenvalue weighted by Gasteiger charge is -2.10. The van der Waals surface area contributed by atoms with Gasteiger partial charge in [0, 0.05) is 5.69 Å². The van der Waals surface area contributed by atoms with Crippen LogP contribution in [-0.2, 0) is 0 Å². The summed E-state index contributed by atoms with van der Waals surface area (Å²) in [6.07, 6.45) is 1.56. The zero-order valence-corrected chi connectivity index (χ0v) is 11.7. The second-order valence-corrected chi connectivity index (χ2v) is 4.59. The van der Waals surface area contributed by atoms with Crippen molar-refractivity contribution in [3.8, 4) is 5.75 Å². The van der Waals surface area contributed by atoms with Crippen LogP contribution in [0.2, 0.25) is 5.28 Å². The molecule has 0 radical (unpaired) electrons. The molecule has 102 valence electrons. The van der Waals surface area contributed by atoms with Gasteiger partial charge >= 0.3 is 0 Å². The van der Waals surface area contributed by atoms with E-state index in [2.05, 4.69) is 25.3 Å². The minimum atomic E-state index is 0.151. The average Bonchev–Trinajstić information content (AvgIpc) is 2.89. The van der Waals surface area contributed by atoms with Crippen molar-refractivity contribution in [3.63, 3.8) is 0 Å². The highest BCUT2D eigenvalue weighted by atomic mass is 35.5. The van der Waals surface area contributed by atoms with Crippen LogP contribution in [0.3, 0.4) is 0 Å². The van der Waals surface area contributed by atoms with Gasteiger partial charge in [0.05, 0.1) is 13.4 Å². The van der Waals surface area contributed by atoms with E-state index in [4.69, 9.17) is 16.3 Å². The van der Waals surface area contributed by atoms with Crippen molar-refractivity contribution in [2.75, 3.05) is 12.4 Å². The summed E-state index contributed by atoms with van der Waals surface area (Å²) in [6.45, 7) is 1.98. The third kappa shape index (κ3) is 2.25. The molecule has 2 aromatic heterocycles. The number of benzene rings is 1. The number of nitrogens with zero attached hydrogens (tertiary/aromatic N) is 3. The van der Waals surface area contributed by atoms with Gasteiger partial charge in [0.25, 0.3) is 0 Å². The van der Waals surface area contributed by atoms with Crippen molar-refractivity contribution in [2.45, 2.75) is 6.92 Å². The van der Waals surface area contributed by atoms with Crippen molar-refractivity contribution in [1.29, 1.82) is 0 Å². The quantitative estimate of drug-likeness (QED) is 0.725. The summed E-state index contributed by atoms with van der Waals surface area (Å²) >= 11 is 5.90. The van der Waals surface area contributed by atoms with Crippen molar-refractivity contribution in [1.82, 2.24) is 19.9 Å². The van der Waals surface area contributed by atoms with E-state index in [0.717, 1.165) is 17.0 Å². The first-order valence-corrected chi connectivity index (χ1v) is 6.33. The minimum Gasteiger partial charge on any atom is -0.497 e. The summed E-state index contributed by atoms with van der Waals surface area (Å²) in [7, 11) is 1.64. The second kappa shape index (κ2) is 4.97. The predicted octanol–water partition coefficient (Wildman–Crippen LogP) is 3.07. The molecule has 0 saturated carbocycles. The van der Waals surface area contributed by atoms with Crippen LogP contribution in [-0.4, -0.2) is 27.0 Å². The number of rotatable bonds is 3. The largest absolute Gasteiger partial charge is 0.497 e. The van der Waals surface area contributed by atoms with E-state index in [1.54, 1.807) is 13.4 Å². The van der Waals surface area contributed by atoms with Gasteiger partial charge in [0.2, 0.25) is 5.28 Å². The number of fused-ring (bicyclic) bond motifs is 1. The summed E-state index contributed by atoms with van der Waals surface area (Å²) in [6, 6.07) is 5.74. The van der Waals surface area contributed by atoms with Gasteiger partial charge in [0.15, 0.2) is 11.5 Å². The van der Waals surface area contributed by atoms with E-state index in [0.29, 0.717) is 17.0 Å². The van der Waals surface area contributed by atoms with E-state index in [1.165, 1.54) is 0 Å². The molecule has 20 heavy (non-hydrogen) atoms. The number of aromatic nitrogens is 4. The number of H-pyrrole nitrogens is 1. The highest BCUT2D eigenvalue weighted by Crippen LogP contribution is 2.27. The van der Waals surface area contributed by atoms with Crippen molar-refractivity contribution in [2.24, 2.45) is 0 Å². The molecule has 0 unspecified atom stereocenters. The number of aromatic amines is 1. The Balaban J connectivity index is 2.03. The first-order valence-electron chi connectivity index (χ1n) is 5.95. The molecule has 3 aromatic rings. The van der Waals surface area contributed by atoms with Crippen LogP contribution in [0.1, 0.15) is 5.56 Å². The molecule has 0 atom stereocenters. The number of imidazole rings is 1. The molecule has 1 aromatic carbocycles. The third-order valence-electron chi connectivity index (χ3n) is 2.94. The Morgan fingerprint density at radius 1 is 1.30 bits per heavy atom. The lowest BCUT2D eigenvalue weighted by Crippen LogP contribution is -1.99. The van der Waals surface area contributed by atoms with Crippen LogP contribution in [0, 0.1) is 6.92 Å². The molecule has 6 nitrogen and oxygen atoms in total. The Morgan fingerprint density at radius 2 is 2.15 bits per heavy atom. The fourth-order valence-electron chi connectivity index (χ4n) is 1.93. The van der Waals surface area contributed by atoms with Crippen LogP contribution in [0.5, 0.6) is 5.75 Å². The Hall–Kier alpha value is -2.34. The molecule has 0 saturated heterocycles. The van der Waals surface area contributed by atoms with Gasteiger partial charge in [-0.1, -0.05) is 0 Å². The molecule has 0 fully saturated rings. The molecule has 0 aliphatic rings. The van der Waals surface area contributed by atoms with Crippen LogP contribution >= 0.6 is 11.6 Å². The second-order valence-electron chi connectivity index (χ2n) is 4.25. The normalized spacial score (nSPS) is 10.8. The molecule has 3 rings (SSSR count). The summed E-state index contributed by atoms with van der Waals surface area (Å²) in [5.74, 6) is 1.39. The molecule has 2 N–H and O–H groups in total. The van der Waals surface area contributed by atoms with Crippen LogP contribution in [0.15, 0.2) is 24.5 Å². The number of ether oxygens (including phenoxy) is 1. The third-order valence-corrected chi connectivity index (χ3v) is 3.11. The predicted molar refractivity (Wildman–Crippen MR) is 77.7 cm³/mol. The van der Waals surface area contributed by atoms with E-state index in [9.17, 15) is 0 Å². The van der Waals surface area contributed by atoms with E-state index in [-0.39, 0.29) is 5.28 Å². The van der Waals surface area contributed by atoms with E-state index in [1.807, 2.05) is 25.1 Å². The Morgan fingerprint density at radius 3 is 2.90 bits per heavy atom. The van der Waals surface area contributed by atoms with Gasteiger partial charge in [-0.2, -0.15) is 9.97 Å². The number of aryl methyl sites for hydroxylation is 1.